The molecule has 11 amide bonds. The van der Waals surface area contributed by atoms with E-state index in [1.165, 1.54) is 55.5 Å². The molecule has 0 saturated heterocycles. The largest absolute Gasteiger partial charge is 0.508 e. The summed E-state index contributed by atoms with van der Waals surface area (Å²) < 4.78 is 0. The lowest BCUT2D eigenvalue weighted by atomic mass is 10.0. The topological polar surface area (TPSA) is 725 Å². The molecule has 0 bridgehead atoms. The molecule has 12 atom stereocenters. The van der Waals surface area contributed by atoms with E-state index in [0.29, 0.717) is 111 Å². The summed E-state index contributed by atoms with van der Waals surface area (Å²) in [6, 6.07) is 2.19. The highest BCUT2D eigenvalue weighted by Crippen LogP contribution is 2.22. The van der Waals surface area contributed by atoms with E-state index in [0.717, 1.165) is 0 Å². The number of unbranched alkanes of at least 4 members (excludes halogenated alkanes) is 6. The predicted octanol–water partition coefficient (Wildman–Crippen LogP) is -3.75. The number of rotatable bonds is 61. The highest BCUT2D eigenvalue weighted by atomic mass is 16.4. The number of carbonyl (C=O) groups is 12. The zero-order valence-corrected chi connectivity index (χ0v) is 68.8. The molecular formula is C80H131N25O15. The number of phenols is 2. The van der Waals surface area contributed by atoms with Crippen molar-refractivity contribution in [3.63, 3.8) is 0 Å². The Morgan fingerprint density at radius 3 is 0.975 bits per heavy atom. The minimum atomic E-state index is -1.54. The number of para-hydroxylation sites is 1. The molecule has 0 aliphatic rings. The first-order valence-electron chi connectivity index (χ1n) is 41.2. The summed E-state index contributed by atoms with van der Waals surface area (Å²) in [6.07, 6.45) is 6.07. The van der Waals surface area contributed by atoms with Crippen molar-refractivity contribution in [2.75, 3.05) is 52.4 Å². The van der Waals surface area contributed by atoms with Gasteiger partial charge >= 0.3 is 5.97 Å². The highest BCUT2D eigenvalue weighted by molar-refractivity contribution is 6.00. The van der Waals surface area contributed by atoms with Crippen molar-refractivity contribution in [3.05, 3.63) is 95.7 Å². The van der Waals surface area contributed by atoms with Crippen molar-refractivity contribution in [2.24, 2.45) is 73.1 Å². The SMILES string of the molecule is C[C@H](NC(=O)[C@H](CCCCN)NC(=O)[C@H](Cc1c[nH]c2ccccc12)NC(=O)[C@H](CCCN=C(N)N)NC(=O)[C@H](Cc1ccc(O)cc1)NC(=O)[C@H](Cc1ccc(O)cc1)NC(=O)[C@@H](N)CCCN=C(N)N)C(=O)N[C@@H](CCCCN)C(=O)N[C@@H](CCCCN)C(=O)N[C@@H](CCCCN)C(=O)N[C@@H](CCCCN)C(=O)N[C@@H](CCCCN)C(=O)O. The van der Waals surface area contributed by atoms with Crippen LogP contribution in [0.15, 0.2) is 89.0 Å². The van der Waals surface area contributed by atoms with E-state index < -0.39 is 143 Å². The number of benzene rings is 3. The van der Waals surface area contributed by atoms with Gasteiger partial charge in [-0.15, -0.1) is 0 Å². The number of guanidine groups is 2. The molecule has 1 aromatic heterocycles. The van der Waals surface area contributed by atoms with E-state index in [2.05, 4.69) is 73.5 Å². The Hall–Kier alpha value is -11.3. The summed E-state index contributed by atoms with van der Waals surface area (Å²) in [5.74, 6) is -11.1. The van der Waals surface area contributed by atoms with Gasteiger partial charge in [0.2, 0.25) is 65.0 Å². The van der Waals surface area contributed by atoms with Gasteiger partial charge in [0.15, 0.2) is 11.9 Å². The minimum Gasteiger partial charge on any atom is -0.508 e. The quantitative estimate of drug-likeness (QED) is 0.0115. The van der Waals surface area contributed by atoms with Crippen LogP contribution in [0.25, 0.3) is 10.9 Å². The van der Waals surface area contributed by atoms with Crippen LogP contribution >= 0.6 is 0 Å². The fourth-order valence-corrected chi connectivity index (χ4v) is 13.0. The number of aromatic nitrogens is 1. The summed E-state index contributed by atoms with van der Waals surface area (Å²) in [6.45, 7) is 2.91. The maximum atomic E-state index is 15.2. The molecule has 4 aromatic rings. The molecule has 0 unspecified atom stereocenters. The molecular weight excluding hydrogens is 1550 g/mol. The molecule has 0 aliphatic carbocycles. The smallest absolute Gasteiger partial charge is 0.326 e. The Morgan fingerprint density at radius 1 is 0.342 bits per heavy atom. The van der Waals surface area contributed by atoms with E-state index in [1.54, 1.807) is 30.5 Å². The number of nitrogens with two attached hydrogens (primary N) is 11. The van der Waals surface area contributed by atoms with Gasteiger partial charge in [0.05, 0.1) is 6.04 Å². The molecule has 4 rings (SSSR count). The minimum absolute atomic E-state index is 0.00881. The monoisotopic (exact) mass is 1680 g/mol. The van der Waals surface area contributed by atoms with Gasteiger partial charge in [0.1, 0.15) is 78.0 Å². The molecule has 0 aliphatic heterocycles. The first-order chi connectivity index (χ1) is 57.4. The molecule has 0 fully saturated rings. The zero-order chi connectivity index (χ0) is 88.5. The molecule has 666 valence electrons. The highest BCUT2D eigenvalue weighted by Gasteiger charge is 2.37. The van der Waals surface area contributed by atoms with Crippen LogP contribution in [0.1, 0.15) is 165 Å². The van der Waals surface area contributed by atoms with E-state index in [4.69, 9.17) is 63.1 Å². The third-order valence-corrected chi connectivity index (χ3v) is 19.8. The normalized spacial score (nSPS) is 14.2. The van der Waals surface area contributed by atoms with Gasteiger partial charge in [-0.2, -0.15) is 0 Å². The molecule has 40 heteroatoms. The van der Waals surface area contributed by atoms with Crippen molar-refractivity contribution < 1.29 is 72.9 Å². The van der Waals surface area contributed by atoms with Crippen LogP contribution in [0.5, 0.6) is 11.5 Å². The number of carboxylic acid groups (broad SMARTS) is 1. The maximum Gasteiger partial charge on any atom is 0.326 e. The fourth-order valence-electron chi connectivity index (χ4n) is 13.0. The number of nitrogens with one attached hydrogen (secondary N) is 12. The van der Waals surface area contributed by atoms with Crippen molar-refractivity contribution in [1.82, 2.24) is 63.5 Å². The number of aliphatic carboxylic acids is 1. The number of amides is 11. The van der Waals surface area contributed by atoms with Gasteiger partial charge in [-0.3, -0.25) is 62.7 Å². The van der Waals surface area contributed by atoms with E-state index in [1.807, 2.05) is 0 Å². The zero-order valence-electron chi connectivity index (χ0n) is 68.8. The molecule has 0 saturated carbocycles. The number of aromatic amines is 1. The van der Waals surface area contributed by atoms with Crippen molar-refractivity contribution in [1.29, 1.82) is 0 Å². The second kappa shape index (κ2) is 56.2. The first-order valence-corrected chi connectivity index (χ1v) is 41.2. The van der Waals surface area contributed by atoms with Crippen LogP contribution < -0.4 is 122 Å². The summed E-state index contributed by atoms with van der Waals surface area (Å²) in [4.78, 5) is 184. The van der Waals surface area contributed by atoms with Gasteiger partial charge < -0.3 is 142 Å². The number of nitrogens with zero attached hydrogens (tertiary/aromatic N) is 2. The van der Waals surface area contributed by atoms with Crippen LogP contribution in [0, 0.1) is 0 Å². The number of aliphatic imine (C=N–C) groups is 2. The van der Waals surface area contributed by atoms with Gasteiger partial charge in [-0.05, 0) is 234 Å². The van der Waals surface area contributed by atoms with Crippen molar-refractivity contribution >= 4 is 93.8 Å². The fraction of sp³-hybridized carbons (Fsp3) is 0.575. The number of fused-ring (bicyclic) bond motifs is 1. The lowest BCUT2D eigenvalue weighted by molar-refractivity contribution is -0.142. The summed E-state index contributed by atoms with van der Waals surface area (Å²) in [5.41, 5.74) is 65.7. The van der Waals surface area contributed by atoms with Crippen LogP contribution in [0.4, 0.5) is 0 Å². The summed E-state index contributed by atoms with van der Waals surface area (Å²) in [5, 5.41) is 60.9. The number of carbonyl (C=O) groups excluding carboxylic acids is 11. The second-order valence-corrected chi connectivity index (χ2v) is 29.7. The van der Waals surface area contributed by atoms with E-state index in [9.17, 15) is 58.5 Å². The number of hydrogen-bond donors (Lipinski definition) is 26. The molecule has 0 radical (unpaired) electrons. The van der Waals surface area contributed by atoms with Crippen LogP contribution in [-0.2, 0) is 76.8 Å². The maximum absolute atomic E-state index is 15.2. The Labute approximate surface area is 699 Å². The Bertz CT molecular complexity index is 3920. The third-order valence-electron chi connectivity index (χ3n) is 19.8. The summed E-state index contributed by atoms with van der Waals surface area (Å²) >= 11 is 0. The number of phenolic OH excluding ortho intramolecular Hbond substituents is 2. The lowest BCUT2D eigenvalue weighted by Gasteiger charge is -2.28. The molecule has 1 heterocycles. The van der Waals surface area contributed by atoms with E-state index >= 15 is 14.4 Å². The molecule has 40 nitrogen and oxygen atoms in total. The molecule has 120 heavy (non-hydrogen) atoms. The molecule has 0 spiro atoms. The summed E-state index contributed by atoms with van der Waals surface area (Å²) in [7, 11) is 0. The van der Waals surface area contributed by atoms with Crippen molar-refractivity contribution in [2.45, 2.75) is 240 Å². The predicted molar refractivity (Wildman–Crippen MR) is 455 cm³/mol. The standard InChI is InChI=1S/C80H131N25O15/c1-48(67(108)96-58(22-5-11-37-82)70(111)97-59(23-6-12-38-83)71(112)98-60(24-7-13-39-84)72(113)99-61(25-8-14-40-85)73(114)102-63(78(119)120)26-9-15-41-86)95-69(110)57(21-4-10-36-81)100-77(118)66(46-51-47-94-56-20-3-2-18-54(51)56)105-74(115)62(27-17-43-93-80(90)91)101-75(116)65(45-50-30-34-53(107)35-31-50)104-76(117)64(44-49-28-32-52(106)33-29-49)103-68(109)55(87)19-16-42-92-79(88)89/h2-3,18,20,28-35,47-48,55,57-66,94,106-107H,4-17,19,21-27,36-46,81-87H2,1H3,(H,95,110)(H,96,108)(H,97,111)(H,98,112)(H,99,113)(H,100,118)(H,101,116)(H,102,114)(H,103,109)(H,104,117)(H,105,115)(H,119,120)(H4,88,89,92)(H4,90,91,93)/t48-,55-,57-,58-,59-,60-,61-,62-,63-,64-,65-,66-/m0/s1. The number of aromatic hydroxyl groups is 2. The second-order valence-electron chi connectivity index (χ2n) is 29.7. The Morgan fingerprint density at radius 2 is 0.625 bits per heavy atom. The molecule has 3 aromatic carbocycles. The van der Waals surface area contributed by atoms with Gasteiger partial charge in [0.25, 0.3) is 0 Å². The van der Waals surface area contributed by atoms with E-state index in [-0.39, 0.29) is 153 Å². The third kappa shape index (κ3) is 38.2. The average Bonchev–Trinajstić information content (AvgIpc) is 1.58. The number of hydrogen-bond acceptors (Lipinski definition) is 23. The van der Waals surface area contributed by atoms with Gasteiger partial charge in [-0.25, -0.2) is 4.79 Å². The lowest BCUT2D eigenvalue weighted by Crippen LogP contribution is -2.61. The van der Waals surface area contributed by atoms with Gasteiger partial charge in [-0.1, -0.05) is 42.5 Å². The Kier molecular flexibility index (Phi) is 47.3. The number of carboxylic acids is 1. The Balaban J connectivity index is 1.69. The first kappa shape index (κ1) is 101. The van der Waals surface area contributed by atoms with Crippen molar-refractivity contribution in [3.8, 4) is 11.5 Å². The number of H-pyrrole nitrogens is 1. The molecule has 37 N–H and O–H groups in total. The van der Waals surface area contributed by atoms with Gasteiger partial charge in [0, 0.05) is 49.5 Å². The van der Waals surface area contributed by atoms with Crippen LogP contribution in [0.3, 0.4) is 0 Å². The average molecular weight is 1680 g/mol. The van der Waals surface area contributed by atoms with Crippen LogP contribution in [0.2, 0.25) is 0 Å². The van der Waals surface area contributed by atoms with Crippen LogP contribution in [-0.4, -0.2) is 228 Å².